The van der Waals surface area contributed by atoms with Gasteiger partial charge < -0.3 is 4.43 Å². The van der Waals surface area contributed by atoms with Crippen LogP contribution >= 0.6 is 12.6 Å². The molecule has 3 heteroatoms. The van der Waals surface area contributed by atoms with E-state index in [4.69, 9.17) is 4.43 Å². The number of thiol groups is 1. The van der Waals surface area contributed by atoms with Gasteiger partial charge in [-0.2, -0.15) is 12.6 Å². The first-order valence-corrected chi connectivity index (χ1v) is 14.7. The van der Waals surface area contributed by atoms with Crippen molar-refractivity contribution in [3.05, 3.63) is 0 Å². The summed E-state index contributed by atoms with van der Waals surface area (Å²) >= 11 is 4.24. The van der Waals surface area contributed by atoms with Gasteiger partial charge in [0.1, 0.15) is 0 Å². The zero-order valence-corrected chi connectivity index (χ0v) is 21.3. The Morgan fingerprint density at radius 3 is 1.48 bits per heavy atom. The predicted octanol–water partition coefficient (Wildman–Crippen LogP) is 8.11. The van der Waals surface area contributed by atoms with Crippen molar-refractivity contribution in [2.75, 3.05) is 12.4 Å². The quantitative estimate of drug-likeness (QED) is 0.100. The average molecular weight is 417 g/mol. The van der Waals surface area contributed by atoms with E-state index in [0.717, 1.165) is 18.3 Å². The van der Waals surface area contributed by atoms with Crippen molar-refractivity contribution in [1.82, 2.24) is 0 Å². The molecule has 0 rings (SSSR count). The molecule has 0 heterocycles. The second-order valence-corrected chi connectivity index (χ2v) is 10.9. The minimum Gasteiger partial charge on any atom is -0.424 e. The van der Waals surface area contributed by atoms with Crippen molar-refractivity contribution >= 4 is 22.4 Å². The highest BCUT2D eigenvalue weighted by Crippen LogP contribution is 2.14. The van der Waals surface area contributed by atoms with Gasteiger partial charge in [0.05, 0.1) is 0 Å². The summed E-state index contributed by atoms with van der Waals surface area (Å²) in [5.41, 5.74) is 0. The Morgan fingerprint density at radius 1 is 0.593 bits per heavy atom. The Kier molecular flexibility index (Phi) is 25.0. The van der Waals surface area contributed by atoms with Gasteiger partial charge in [-0.1, -0.05) is 117 Å². The summed E-state index contributed by atoms with van der Waals surface area (Å²) in [6, 6.07) is 1.35. The summed E-state index contributed by atoms with van der Waals surface area (Å²) in [4.78, 5) is 0. The van der Waals surface area contributed by atoms with Crippen molar-refractivity contribution in [3.8, 4) is 0 Å². The molecule has 27 heavy (non-hydrogen) atoms. The fourth-order valence-electron chi connectivity index (χ4n) is 3.65. The molecular weight excluding hydrogens is 364 g/mol. The topological polar surface area (TPSA) is 9.23 Å². The fraction of sp³-hybridized carbons (Fsp3) is 1.00. The van der Waals surface area contributed by atoms with E-state index in [1.807, 2.05) is 0 Å². The second-order valence-electron chi connectivity index (χ2n) is 8.88. The van der Waals surface area contributed by atoms with Crippen molar-refractivity contribution in [2.45, 2.75) is 135 Å². The third-order valence-corrected chi connectivity index (χ3v) is 7.20. The van der Waals surface area contributed by atoms with E-state index in [2.05, 4.69) is 26.5 Å². The Labute approximate surface area is 180 Å². The molecule has 0 bridgehead atoms. The monoisotopic (exact) mass is 416 g/mol. The molecule has 0 saturated carbocycles. The first kappa shape index (κ1) is 27.5. The summed E-state index contributed by atoms with van der Waals surface area (Å²) in [7, 11) is -0.212. The molecule has 0 aromatic carbocycles. The molecule has 0 saturated heterocycles. The molecule has 0 aromatic heterocycles. The smallest absolute Gasteiger partial charge is 0.161 e. The maximum absolute atomic E-state index is 5.82. The van der Waals surface area contributed by atoms with Crippen LogP contribution in [-0.2, 0) is 4.43 Å². The first-order valence-electron chi connectivity index (χ1n) is 12.5. The molecule has 0 atom stereocenters. The molecule has 0 fully saturated rings. The third-order valence-electron chi connectivity index (χ3n) is 5.52. The van der Waals surface area contributed by atoms with Crippen LogP contribution in [0.15, 0.2) is 0 Å². The standard InChI is InChI=1S/C24H52OSSi/c1-24(2)20-16-14-12-10-8-6-4-3-5-7-9-11-13-15-17-21-25-27-23-19-18-22-26/h24,26H,3-23,27H2,1-2H3. The molecular formula is C24H52OSSi. The molecule has 0 N–H and O–H groups in total. The van der Waals surface area contributed by atoms with Gasteiger partial charge in [0, 0.05) is 6.61 Å². The van der Waals surface area contributed by atoms with Gasteiger partial charge in [-0.25, -0.2) is 0 Å². The summed E-state index contributed by atoms with van der Waals surface area (Å²) in [6.45, 7) is 5.71. The van der Waals surface area contributed by atoms with Gasteiger partial charge in [-0.15, -0.1) is 0 Å². The zero-order valence-electron chi connectivity index (χ0n) is 19.0. The lowest BCUT2D eigenvalue weighted by molar-refractivity contribution is 0.319. The van der Waals surface area contributed by atoms with Gasteiger partial charge in [-0.3, -0.25) is 0 Å². The van der Waals surface area contributed by atoms with Crippen molar-refractivity contribution < 1.29 is 4.43 Å². The Hall–Kier alpha value is 0.527. The van der Waals surface area contributed by atoms with Crippen molar-refractivity contribution in [3.63, 3.8) is 0 Å². The van der Waals surface area contributed by atoms with Gasteiger partial charge >= 0.3 is 0 Å². The minimum atomic E-state index is -0.212. The van der Waals surface area contributed by atoms with Crippen molar-refractivity contribution in [2.24, 2.45) is 5.92 Å². The molecule has 164 valence electrons. The lowest BCUT2D eigenvalue weighted by Gasteiger charge is -2.05. The summed E-state index contributed by atoms with van der Waals surface area (Å²) in [6.07, 6.45) is 25.7. The maximum Gasteiger partial charge on any atom is 0.161 e. The van der Waals surface area contributed by atoms with Gasteiger partial charge in [-0.05, 0) is 30.6 Å². The van der Waals surface area contributed by atoms with E-state index in [1.165, 1.54) is 122 Å². The van der Waals surface area contributed by atoms with Crippen LogP contribution in [0.5, 0.6) is 0 Å². The molecule has 0 unspecified atom stereocenters. The minimum absolute atomic E-state index is 0.212. The molecule has 0 aliphatic carbocycles. The number of hydrogen-bond donors (Lipinski definition) is 1. The maximum atomic E-state index is 5.82. The third kappa shape index (κ3) is 26.5. The van der Waals surface area contributed by atoms with E-state index in [-0.39, 0.29) is 9.76 Å². The van der Waals surface area contributed by atoms with Crippen molar-refractivity contribution in [1.29, 1.82) is 0 Å². The van der Waals surface area contributed by atoms with Crippen LogP contribution in [0.2, 0.25) is 6.04 Å². The lowest BCUT2D eigenvalue weighted by atomic mass is 10.0. The normalized spacial score (nSPS) is 12.0. The van der Waals surface area contributed by atoms with Gasteiger partial charge in [0.25, 0.3) is 0 Å². The predicted molar refractivity (Wildman–Crippen MR) is 131 cm³/mol. The molecule has 0 aliphatic heterocycles. The Balaban J connectivity index is 2.97. The highest BCUT2D eigenvalue weighted by atomic mass is 32.1. The lowest BCUT2D eigenvalue weighted by Crippen LogP contribution is -2.00. The first-order chi connectivity index (χ1) is 13.3. The van der Waals surface area contributed by atoms with Crippen LogP contribution in [0, 0.1) is 5.92 Å². The molecule has 0 aliphatic rings. The van der Waals surface area contributed by atoms with E-state index >= 15 is 0 Å². The fourth-order valence-corrected chi connectivity index (χ4v) is 5.04. The number of hydrogen-bond acceptors (Lipinski definition) is 2. The largest absolute Gasteiger partial charge is 0.424 e. The van der Waals surface area contributed by atoms with E-state index < -0.39 is 0 Å². The SMILES string of the molecule is CC(C)CCCCCCCCCCCCCCCCCO[SiH2]CCCCS. The summed E-state index contributed by atoms with van der Waals surface area (Å²) < 4.78 is 5.82. The molecule has 0 amide bonds. The molecule has 0 radical (unpaired) electrons. The Morgan fingerprint density at radius 2 is 1.04 bits per heavy atom. The summed E-state index contributed by atoms with van der Waals surface area (Å²) in [5, 5.41) is 0. The number of rotatable bonds is 23. The van der Waals surface area contributed by atoms with Crippen LogP contribution in [0.4, 0.5) is 0 Å². The van der Waals surface area contributed by atoms with Crippen LogP contribution < -0.4 is 0 Å². The van der Waals surface area contributed by atoms with Crippen LogP contribution in [0.3, 0.4) is 0 Å². The van der Waals surface area contributed by atoms with E-state index in [9.17, 15) is 0 Å². The second kappa shape index (κ2) is 24.6. The molecule has 0 spiro atoms. The van der Waals surface area contributed by atoms with Crippen LogP contribution in [0.1, 0.15) is 129 Å². The van der Waals surface area contributed by atoms with Gasteiger partial charge in [0.2, 0.25) is 0 Å². The van der Waals surface area contributed by atoms with E-state index in [0.29, 0.717) is 0 Å². The summed E-state index contributed by atoms with van der Waals surface area (Å²) in [5.74, 6) is 1.93. The highest BCUT2D eigenvalue weighted by Gasteiger charge is 1.96. The highest BCUT2D eigenvalue weighted by molar-refractivity contribution is 7.80. The average Bonchev–Trinajstić information content (AvgIpc) is 2.65. The molecule has 0 aromatic rings. The van der Waals surface area contributed by atoms with E-state index in [1.54, 1.807) is 0 Å². The van der Waals surface area contributed by atoms with Crippen LogP contribution in [-0.4, -0.2) is 22.1 Å². The number of unbranched alkanes of at least 4 members (excludes halogenated alkanes) is 15. The van der Waals surface area contributed by atoms with Gasteiger partial charge in [0.15, 0.2) is 9.76 Å². The Bertz CT molecular complexity index is 261. The van der Waals surface area contributed by atoms with Crippen LogP contribution in [0.25, 0.3) is 0 Å². The molecule has 1 nitrogen and oxygen atoms in total. The zero-order chi connectivity index (χ0) is 19.8.